The number of alkyl halides is 2. The minimum atomic E-state index is -1.40. The fourth-order valence-corrected chi connectivity index (χ4v) is 4.27. The van der Waals surface area contributed by atoms with Gasteiger partial charge in [0.2, 0.25) is 5.91 Å². The smallest absolute Gasteiger partial charge is 0.254 e. The third-order valence-corrected chi connectivity index (χ3v) is 5.97. The molecule has 1 saturated carbocycles. The molecule has 2 aromatic rings. The zero-order chi connectivity index (χ0) is 21.5. The predicted molar refractivity (Wildman–Crippen MR) is 110 cm³/mol. The Bertz CT molecular complexity index is 998. The van der Waals surface area contributed by atoms with Crippen molar-refractivity contribution < 1.29 is 18.4 Å². The summed E-state index contributed by atoms with van der Waals surface area (Å²) in [4.78, 5) is 24.8. The minimum Gasteiger partial charge on any atom is -0.352 e. The van der Waals surface area contributed by atoms with Gasteiger partial charge in [-0.15, -0.1) is 23.2 Å². The van der Waals surface area contributed by atoms with Gasteiger partial charge in [-0.25, -0.2) is 8.78 Å². The monoisotopic (exact) mass is 460 g/mol. The molecule has 1 aliphatic rings. The van der Waals surface area contributed by atoms with E-state index in [4.69, 9.17) is 34.8 Å². The first-order chi connectivity index (χ1) is 13.6. The van der Waals surface area contributed by atoms with Crippen molar-refractivity contribution >= 4 is 52.3 Å². The maximum atomic E-state index is 14.3. The van der Waals surface area contributed by atoms with Gasteiger partial charge in [0.05, 0.1) is 16.5 Å². The highest BCUT2D eigenvalue weighted by Gasteiger charge is 2.67. The molecule has 154 valence electrons. The highest BCUT2D eigenvalue weighted by atomic mass is 35.5. The molecule has 1 fully saturated rings. The molecule has 0 heterocycles. The Morgan fingerprint density at radius 2 is 1.86 bits per heavy atom. The van der Waals surface area contributed by atoms with Crippen molar-refractivity contribution in [3.8, 4) is 0 Å². The zero-order valence-electron chi connectivity index (χ0n) is 15.5. The second-order valence-corrected chi connectivity index (χ2v) is 8.66. The van der Waals surface area contributed by atoms with Gasteiger partial charge in [-0.1, -0.05) is 17.7 Å². The summed E-state index contributed by atoms with van der Waals surface area (Å²) in [6.45, 7) is 3.53. The number of rotatable bonds is 5. The average Bonchev–Trinajstić information content (AvgIpc) is 3.22. The van der Waals surface area contributed by atoms with Gasteiger partial charge in [-0.2, -0.15) is 0 Å². The van der Waals surface area contributed by atoms with E-state index in [-0.39, 0.29) is 21.8 Å². The molecule has 29 heavy (non-hydrogen) atoms. The van der Waals surface area contributed by atoms with Crippen molar-refractivity contribution in [2.24, 2.45) is 5.92 Å². The van der Waals surface area contributed by atoms with Crippen molar-refractivity contribution in [2.75, 3.05) is 11.9 Å². The quantitative estimate of drug-likeness (QED) is 0.601. The standard InChI is InChI=1S/C20H17Cl3F2N2O2/c1-3-26-18(28)12-8-11(6-9(2)17(12)25)27-19(29)16-15(20(16,22)23)10-4-5-14(24)13(21)7-10/h4-8,15-16H,3H2,1-2H3,(H,26,28)(H,27,29). The highest BCUT2D eigenvalue weighted by Crippen LogP contribution is 2.65. The Morgan fingerprint density at radius 3 is 2.48 bits per heavy atom. The van der Waals surface area contributed by atoms with Gasteiger partial charge in [0.1, 0.15) is 16.0 Å². The van der Waals surface area contributed by atoms with E-state index in [2.05, 4.69) is 10.6 Å². The van der Waals surface area contributed by atoms with E-state index in [1.54, 1.807) is 6.92 Å². The largest absolute Gasteiger partial charge is 0.352 e. The van der Waals surface area contributed by atoms with Crippen LogP contribution in [0, 0.1) is 24.5 Å². The summed E-state index contributed by atoms with van der Waals surface area (Å²) in [5, 5.41) is 5.05. The number of carbonyl (C=O) groups excluding carboxylic acids is 2. The average molecular weight is 462 g/mol. The van der Waals surface area contributed by atoms with Crippen LogP contribution in [-0.4, -0.2) is 22.7 Å². The lowest BCUT2D eigenvalue weighted by Crippen LogP contribution is -2.24. The second kappa shape index (κ2) is 8.09. The van der Waals surface area contributed by atoms with E-state index in [1.807, 2.05) is 0 Å². The SMILES string of the molecule is CCNC(=O)c1cc(NC(=O)C2C(c3ccc(F)c(Cl)c3)C2(Cl)Cl)cc(C)c1F. The molecular weight excluding hydrogens is 445 g/mol. The molecule has 0 bridgehead atoms. The topological polar surface area (TPSA) is 58.2 Å². The van der Waals surface area contributed by atoms with Gasteiger partial charge >= 0.3 is 0 Å². The van der Waals surface area contributed by atoms with E-state index in [0.717, 1.165) is 0 Å². The van der Waals surface area contributed by atoms with Crippen LogP contribution < -0.4 is 10.6 Å². The van der Waals surface area contributed by atoms with Crippen LogP contribution >= 0.6 is 34.8 Å². The van der Waals surface area contributed by atoms with Gasteiger partial charge in [0, 0.05) is 18.2 Å². The number of amides is 2. The molecule has 0 aromatic heterocycles. The number of carbonyl (C=O) groups is 2. The number of anilines is 1. The van der Waals surface area contributed by atoms with Crippen molar-refractivity contribution in [1.29, 1.82) is 0 Å². The third kappa shape index (κ3) is 4.20. The molecule has 9 heteroatoms. The number of benzene rings is 2. The van der Waals surface area contributed by atoms with E-state index in [0.29, 0.717) is 12.1 Å². The molecule has 2 unspecified atom stereocenters. The van der Waals surface area contributed by atoms with Crippen LogP contribution in [0.3, 0.4) is 0 Å². The zero-order valence-corrected chi connectivity index (χ0v) is 17.7. The van der Waals surface area contributed by atoms with E-state index in [9.17, 15) is 18.4 Å². The molecule has 2 N–H and O–H groups in total. The second-order valence-electron chi connectivity index (χ2n) is 6.81. The summed E-state index contributed by atoms with van der Waals surface area (Å²) < 4.78 is 26.3. The Balaban J connectivity index is 1.83. The van der Waals surface area contributed by atoms with Crippen LogP contribution in [0.25, 0.3) is 0 Å². The summed E-state index contributed by atoms with van der Waals surface area (Å²) in [7, 11) is 0. The van der Waals surface area contributed by atoms with Crippen LogP contribution in [0.1, 0.15) is 34.3 Å². The summed E-state index contributed by atoms with van der Waals surface area (Å²) in [5.41, 5.74) is 0.787. The summed E-state index contributed by atoms with van der Waals surface area (Å²) >= 11 is 18.4. The van der Waals surface area contributed by atoms with Gasteiger partial charge in [-0.05, 0) is 49.2 Å². The van der Waals surface area contributed by atoms with Gasteiger partial charge in [0.15, 0.2) is 0 Å². The van der Waals surface area contributed by atoms with Gasteiger partial charge < -0.3 is 10.6 Å². The summed E-state index contributed by atoms with van der Waals surface area (Å²) in [5.74, 6) is -3.76. The lowest BCUT2D eigenvalue weighted by Gasteiger charge is -2.11. The molecule has 0 aliphatic heterocycles. The van der Waals surface area contributed by atoms with Crippen molar-refractivity contribution in [2.45, 2.75) is 24.1 Å². The molecule has 0 radical (unpaired) electrons. The number of hydrogen-bond acceptors (Lipinski definition) is 2. The Labute approximate surface area is 181 Å². The number of hydrogen-bond donors (Lipinski definition) is 2. The molecule has 4 nitrogen and oxygen atoms in total. The normalized spacial score (nSPS) is 19.6. The molecule has 2 amide bonds. The number of nitrogens with one attached hydrogen (secondary N) is 2. The molecule has 3 rings (SSSR count). The van der Waals surface area contributed by atoms with E-state index in [1.165, 1.54) is 37.3 Å². The fourth-order valence-electron chi connectivity index (χ4n) is 3.26. The van der Waals surface area contributed by atoms with Gasteiger partial charge in [0.25, 0.3) is 5.91 Å². The Hall–Kier alpha value is -1.89. The van der Waals surface area contributed by atoms with Crippen molar-refractivity contribution in [1.82, 2.24) is 5.32 Å². The lowest BCUT2D eigenvalue weighted by molar-refractivity contribution is -0.117. The molecular formula is C20H17Cl3F2N2O2. The fraction of sp³-hybridized carbons (Fsp3) is 0.300. The van der Waals surface area contributed by atoms with E-state index < -0.39 is 39.6 Å². The van der Waals surface area contributed by atoms with Crippen LogP contribution in [0.4, 0.5) is 14.5 Å². The first kappa shape index (κ1) is 21.8. The Morgan fingerprint density at radius 1 is 1.17 bits per heavy atom. The maximum Gasteiger partial charge on any atom is 0.254 e. The number of aryl methyl sites for hydroxylation is 1. The molecule has 0 saturated heterocycles. The summed E-state index contributed by atoms with van der Waals surface area (Å²) in [6, 6.07) is 6.68. The molecule has 0 spiro atoms. The van der Waals surface area contributed by atoms with E-state index >= 15 is 0 Å². The predicted octanol–water partition coefficient (Wildman–Crippen LogP) is 5.20. The molecule has 2 atom stereocenters. The first-order valence-electron chi connectivity index (χ1n) is 8.79. The van der Waals surface area contributed by atoms with Crippen molar-refractivity contribution in [3.63, 3.8) is 0 Å². The summed E-state index contributed by atoms with van der Waals surface area (Å²) in [6.07, 6.45) is 0. The van der Waals surface area contributed by atoms with Crippen LogP contribution in [0.2, 0.25) is 5.02 Å². The van der Waals surface area contributed by atoms with Crippen LogP contribution in [-0.2, 0) is 4.79 Å². The van der Waals surface area contributed by atoms with Crippen LogP contribution in [0.15, 0.2) is 30.3 Å². The van der Waals surface area contributed by atoms with Crippen LogP contribution in [0.5, 0.6) is 0 Å². The van der Waals surface area contributed by atoms with Gasteiger partial charge in [-0.3, -0.25) is 9.59 Å². The maximum absolute atomic E-state index is 14.3. The molecule has 1 aliphatic carbocycles. The highest BCUT2D eigenvalue weighted by molar-refractivity contribution is 6.53. The van der Waals surface area contributed by atoms with Crippen molar-refractivity contribution in [3.05, 3.63) is 63.7 Å². The Kier molecular flexibility index (Phi) is 6.08. The molecule has 2 aromatic carbocycles. The lowest BCUT2D eigenvalue weighted by atomic mass is 10.1. The first-order valence-corrected chi connectivity index (χ1v) is 9.93. The third-order valence-electron chi connectivity index (χ3n) is 4.74. The minimum absolute atomic E-state index is 0.0987. The number of halogens is 5.